The number of aromatic nitrogens is 2. The van der Waals surface area contributed by atoms with Crippen molar-refractivity contribution < 1.29 is 17.9 Å². The third kappa shape index (κ3) is 4.49. The monoisotopic (exact) mass is 404 g/mol. The summed E-state index contributed by atoms with van der Waals surface area (Å²) in [5.74, 6) is 1.58. The second kappa shape index (κ2) is 7.72. The normalized spacial score (nSPS) is 27.9. The van der Waals surface area contributed by atoms with Gasteiger partial charge < -0.3 is 15.0 Å². The van der Waals surface area contributed by atoms with Crippen molar-refractivity contribution in [2.24, 2.45) is 17.8 Å². The van der Waals surface area contributed by atoms with E-state index in [4.69, 9.17) is 16.3 Å². The number of alkyl halides is 3. The first-order valence-corrected chi connectivity index (χ1v) is 9.93. The van der Waals surface area contributed by atoms with E-state index in [-0.39, 0.29) is 17.0 Å². The predicted octanol–water partition coefficient (Wildman–Crippen LogP) is 3.70. The number of likely N-dealkylation sites (tertiary alicyclic amines) is 1. The summed E-state index contributed by atoms with van der Waals surface area (Å²) in [4.78, 5) is 2.53. The van der Waals surface area contributed by atoms with Crippen molar-refractivity contribution in [3.8, 4) is 0 Å². The molecule has 4 rings (SSSR count). The second-order valence-corrected chi connectivity index (χ2v) is 8.42. The summed E-state index contributed by atoms with van der Waals surface area (Å²) in [7, 11) is 0. The Balaban J connectivity index is 1.33. The van der Waals surface area contributed by atoms with E-state index in [1.165, 1.54) is 0 Å². The number of fused-ring (bicyclic) bond motifs is 1. The summed E-state index contributed by atoms with van der Waals surface area (Å²) in [6.07, 6.45) is -0.499. The van der Waals surface area contributed by atoms with Crippen LogP contribution in [0.3, 0.4) is 0 Å². The van der Waals surface area contributed by atoms with Crippen molar-refractivity contribution in [3.05, 3.63) is 16.8 Å². The largest absolute Gasteiger partial charge is 0.420 e. The highest BCUT2D eigenvalue weighted by molar-refractivity contribution is 6.29. The van der Waals surface area contributed by atoms with Crippen molar-refractivity contribution in [2.45, 2.75) is 37.9 Å². The molecule has 3 heterocycles. The average molecular weight is 405 g/mol. The molecule has 0 aromatic carbocycles. The van der Waals surface area contributed by atoms with Gasteiger partial charge in [-0.15, -0.1) is 10.2 Å². The van der Waals surface area contributed by atoms with Gasteiger partial charge in [-0.25, -0.2) is 0 Å². The molecule has 150 valence electrons. The Hall–Kier alpha value is -1.12. The molecule has 0 unspecified atom stereocenters. The molecule has 3 aliphatic rings. The summed E-state index contributed by atoms with van der Waals surface area (Å²) in [6, 6.07) is 0.837. The summed E-state index contributed by atoms with van der Waals surface area (Å²) in [5, 5.41) is 9.97. The summed E-state index contributed by atoms with van der Waals surface area (Å²) < 4.78 is 45.1. The zero-order valence-corrected chi connectivity index (χ0v) is 15.8. The molecule has 2 aliphatic heterocycles. The van der Waals surface area contributed by atoms with Crippen molar-refractivity contribution in [3.63, 3.8) is 0 Å². The highest BCUT2D eigenvalue weighted by atomic mass is 35.5. The van der Waals surface area contributed by atoms with Gasteiger partial charge in [0.1, 0.15) is 5.56 Å². The number of nitrogens with zero attached hydrogens (tertiary/aromatic N) is 3. The van der Waals surface area contributed by atoms with Crippen molar-refractivity contribution in [2.75, 3.05) is 38.2 Å². The first-order valence-electron chi connectivity index (χ1n) is 9.55. The van der Waals surface area contributed by atoms with Crippen LogP contribution in [0.25, 0.3) is 0 Å². The van der Waals surface area contributed by atoms with Gasteiger partial charge in [-0.1, -0.05) is 11.6 Å². The van der Waals surface area contributed by atoms with Crippen LogP contribution in [0.2, 0.25) is 5.15 Å². The fourth-order valence-corrected chi connectivity index (χ4v) is 4.99. The number of nitrogens with one attached hydrogen (secondary N) is 1. The van der Waals surface area contributed by atoms with Crippen LogP contribution in [0.15, 0.2) is 6.07 Å². The Labute approximate surface area is 161 Å². The molecular weight excluding hydrogens is 381 g/mol. The van der Waals surface area contributed by atoms with E-state index in [1.807, 2.05) is 0 Å². The fraction of sp³-hybridized carbons (Fsp3) is 0.778. The molecule has 0 radical (unpaired) electrons. The topological polar surface area (TPSA) is 50.3 Å². The van der Waals surface area contributed by atoms with E-state index < -0.39 is 11.7 Å². The zero-order chi connectivity index (χ0) is 19.0. The molecule has 1 saturated carbocycles. The Bertz CT molecular complexity index is 654. The van der Waals surface area contributed by atoms with Gasteiger partial charge in [0.25, 0.3) is 0 Å². The standard InChI is InChI=1S/C18H24ClF3N4O/c19-16-7-15(18(20,21)22)17(25-24-16)23-14-5-12-9-26(10-13(12)6-14)8-11-1-3-27-4-2-11/h7,11-14H,1-6,8-10H2,(H,23,25)/t12-,13-/m1/s1. The van der Waals surface area contributed by atoms with E-state index in [9.17, 15) is 13.2 Å². The SMILES string of the molecule is FC(F)(F)c1cc(Cl)nnc1NC1C[C@@H]2CN(CC3CCOCC3)C[C@H]2C1. The first-order chi connectivity index (χ1) is 12.9. The van der Waals surface area contributed by atoms with E-state index in [0.29, 0.717) is 17.8 Å². The van der Waals surface area contributed by atoms with Crippen LogP contribution >= 0.6 is 11.6 Å². The molecule has 3 fully saturated rings. The molecule has 1 aromatic heterocycles. The summed E-state index contributed by atoms with van der Waals surface area (Å²) >= 11 is 5.60. The molecule has 0 bridgehead atoms. The van der Waals surface area contributed by atoms with Crippen molar-refractivity contribution in [1.82, 2.24) is 15.1 Å². The molecule has 5 nitrogen and oxygen atoms in total. The van der Waals surface area contributed by atoms with Crippen molar-refractivity contribution >= 4 is 17.4 Å². The summed E-state index contributed by atoms with van der Waals surface area (Å²) in [5.41, 5.74) is -0.847. The first kappa shape index (κ1) is 19.2. The molecule has 1 aliphatic carbocycles. The van der Waals surface area contributed by atoms with Gasteiger partial charge >= 0.3 is 6.18 Å². The van der Waals surface area contributed by atoms with Gasteiger partial charge in [0.15, 0.2) is 11.0 Å². The number of anilines is 1. The molecule has 0 amide bonds. The van der Waals surface area contributed by atoms with Crippen LogP contribution in [0, 0.1) is 17.8 Å². The predicted molar refractivity (Wildman–Crippen MR) is 95.7 cm³/mol. The smallest absolute Gasteiger partial charge is 0.381 e. The lowest BCUT2D eigenvalue weighted by Crippen LogP contribution is -2.32. The quantitative estimate of drug-likeness (QED) is 0.829. The van der Waals surface area contributed by atoms with Gasteiger partial charge in [0.2, 0.25) is 0 Å². The van der Waals surface area contributed by atoms with Crippen LogP contribution in [-0.4, -0.2) is 54.0 Å². The van der Waals surface area contributed by atoms with E-state index in [1.54, 1.807) is 0 Å². The number of hydrogen-bond acceptors (Lipinski definition) is 5. The maximum Gasteiger partial charge on any atom is 0.420 e. The Kier molecular flexibility index (Phi) is 5.49. The Morgan fingerprint density at radius 3 is 2.44 bits per heavy atom. The number of ether oxygens (including phenoxy) is 1. The lowest BCUT2D eigenvalue weighted by molar-refractivity contribution is -0.137. The average Bonchev–Trinajstić information content (AvgIpc) is 3.14. The minimum Gasteiger partial charge on any atom is -0.381 e. The van der Waals surface area contributed by atoms with Gasteiger partial charge in [-0.3, -0.25) is 0 Å². The van der Waals surface area contributed by atoms with Crippen LogP contribution in [0.1, 0.15) is 31.2 Å². The lowest BCUT2D eigenvalue weighted by atomic mass is 10.00. The molecule has 2 atom stereocenters. The third-order valence-corrected chi connectivity index (χ3v) is 6.28. The van der Waals surface area contributed by atoms with E-state index in [0.717, 1.165) is 64.6 Å². The Morgan fingerprint density at radius 2 is 1.81 bits per heavy atom. The van der Waals surface area contributed by atoms with E-state index >= 15 is 0 Å². The van der Waals surface area contributed by atoms with Gasteiger partial charge in [-0.2, -0.15) is 13.2 Å². The Morgan fingerprint density at radius 1 is 1.15 bits per heavy atom. The number of rotatable bonds is 4. The molecule has 1 aromatic rings. The van der Waals surface area contributed by atoms with Crippen LogP contribution in [-0.2, 0) is 10.9 Å². The minimum absolute atomic E-state index is 0.00167. The summed E-state index contributed by atoms with van der Waals surface area (Å²) in [6.45, 7) is 4.93. The second-order valence-electron chi connectivity index (χ2n) is 8.03. The van der Waals surface area contributed by atoms with Crippen LogP contribution in [0.4, 0.5) is 19.0 Å². The lowest BCUT2D eigenvalue weighted by Gasteiger charge is -2.28. The van der Waals surface area contributed by atoms with Gasteiger partial charge in [0, 0.05) is 38.9 Å². The highest BCUT2D eigenvalue weighted by Gasteiger charge is 2.42. The van der Waals surface area contributed by atoms with Crippen molar-refractivity contribution in [1.29, 1.82) is 0 Å². The van der Waals surface area contributed by atoms with E-state index in [2.05, 4.69) is 20.4 Å². The zero-order valence-electron chi connectivity index (χ0n) is 15.0. The van der Waals surface area contributed by atoms with Crippen LogP contribution < -0.4 is 5.32 Å². The van der Waals surface area contributed by atoms with Crippen LogP contribution in [0.5, 0.6) is 0 Å². The maximum atomic E-state index is 13.2. The maximum absolute atomic E-state index is 13.2. The molecule has 2 saturated heterocycles. The minimum atomic E-state index is -4.50. The third-order valence-electron chi connectivity index (χ3n) is 6.09. The molecular formula is C18H24ClF3N4O. The molecule has 1 N–H and O–H groups in total. The molecule has 0 spiro atoms. The number of hydrogen-bond donors (Lipinski definition) is 1. The van der Waals surface area contributed by atoms with Gasteiger partial charge in [0.05, 0.1) is 0 Å². The number of halogens is 4. The highest BCUT2D eigenvalue weighted by Crippen LogP contribution is 2.41. The van der Waals surface area contributed by atoms with Gasteiger partial charge in [-0.05, 0) is 49.5 Å². The fourth-order valence-electron chi connectivity index (χ4n) is 4.84. The molecule has 27 heavy (non-hydrogen) atoms. The molecule has 9 heteroatoms.